The molecule has 2 heterocycles. The van der Waals surface area contributed by atoms with E-state index in [4.69, 9.17) is 14.2 Å². The molecular weight excluding hydrogens is 516 g/mol. The molecule has 8 nitrogen and oxygen atoms in total. The minimum absolute atomic E-state index is 0.0267. The molecule has 1 atom stereocenters. The van der Waals surface area contributed by atoms with Gasteiger partial charge >= 0.3 is 5.91 Å². The molecule has 0 aliphatic carbocycles. The number of nitrogens with zero attached hydrogens (tertiary/aromatic N) is 2. The summed E-state index contributed by atoms with van der Waals surface area (Å²) in [5.41, 5.74) is 2.42. The van der Waals surface area contributed by atoms with Crippen molar-refractivity contribution in [3.8, 4) is 17.2 Å². The van der Waals surface area contributed by atoms with Gasteiger partial charge in [-0.15, -0.1) is 0 Å². The number of fused-ring (bicyclic) bond motifs is 1. The molecule has 5 rings (SSSR count). The van der Waals surface area contributed by atoms with Crippen molar-refractivity contribution in [2.24, 2.45) is 0 Å². The standard InChI is InChI=1S/C30H26N2O6S/c1-5-14-38-20-9-6-18(7-10-20)26-25(27(33)19-8-13-23(37-4)17(2)15-19)28(34)29(35)32(26)30-31-22-12-11-21(36-3)16-24(22)39-30/h5-13,15-16,26,33H,1,14H2,2-4H3/b27-25+/t26-/m0/s1. The van der Waals surface area contributed by atoms with Gasteiger partial charge in [0.1, 0.15) is 29.6 Å². The van der Waals surface area contributed by atoms with Gasteiger partial charge < -0.3 is 19.3 Å². The summed E-state index contributed by atoms with van der Waals surface area (Å²) >= 11 is 1.26. The number of aryl methyl sites for hydroxylation is 1. The Kier molecular flexibility index (Phi) is 7.08. The van der Waals surface area contributed by atoms with E-state index >= 15 is 0 Å². The third kappa shape index (κ3) is 4.72. The van der Waals surface area contributed by atoms with Gasteiger partial charge in [-0.25, -0.2) is 4.98 Å². The molecule has 0 radical (unpaired) electrons. The lowest BCUT2D eigenvalue weighted by Gasteiger charge is -2.23. The number of aliphatic hydroxyl groups excluding tert-OH is 1. The van der Waals surface area contributed by atoms with E-state index in [9.17, 15) is 14.7 Å². The number of benzene rings is 3. The monoisotopic (exact) mass is 542 g/mol. The summed E-state index contributed by atoms with van der Waals surface area (Å²) < 4.78 is 17.1. The topological polar surface area (TPSA) is 98.2 Å². The van der Waals surface area contributed by atoms with Crippen LogP contribution in [0.1, 0.15) is 22.7 Å². The van der Waals surface area contributed by atoms with Gasteiger partial charge in [-0.1, -0.05) is 36.1 Å². The summed E-state index contributed by atoms with van der Waals surface area (Å²) in [4.78, 5) is 33.0. The quantitative estimate of drug-likeness (QED) is 0.130. The molecule has 0 unspecified atom stereocenters. The maximum atomic E-state index is 13.5. The number of rotatable bonds is 8. The van der Waals surface area contributed by atoms with Crippen molar-refractivity contribution in [3.63, 3.8) is 0 Å². The molecule has 9 heteroatoms. The lowest BCUT2D eigenvalue weighted by molar-refractivity contribution is -0.132. The van der Waals surface area contributed by atoms with E-state index in [2.05, 4.69) is 11.6 Å². The van der Waals surface area contributed by atoms with Gasteiger partial charge in [0.25, 0.3) is 5.78 Å². The van der Waals surface area contributed by atoms with Gasteiger partial charge in [0.05, 0.1) is 36.1 Å². The van der Waals surface area contributed by atoms with Crippen LogP contribution in [0.3, 0.4) is 0 Å². The Balaban J connectivity index is 1.67. The Labute approximate surface area is 229 Å². The van der Waals surface area contributed by atoms with E-state index in [1.165, 1.54) is 16.2 Å². The van der Waals surface area contributed by atoms with Crippen LogP contribution in [0.25, 0.3) is 16.0 Å². The van der Waals surface area contributed by atoms with Crippen LogP contribution in [0.2, 0.25) is 0 Å². The molecule has 4 aromatic rings. The smallest absolute Gasteiger partial charge is 0.301 e. The third-order valence-corrected chi connectivity index (χ3v) is 7.48. The van der Waals surface area contributed by atoms with Crippen molar-refractivity contribution in [2.45, 2.75) is 13.0 Å². The number of ketones is 1. The second-order valence-electron chi connectivity index (χ2n) is 8.85. The highest BCUT2D eigenvalue weighted by atomic mass is 32.1. The number of aliphatic hydroxyl groups is 1. The van der Waals surface area contributed by atoms with Gasteiger partial charge in [-0.2, -0.15) is 0 Å². The number of hydrogen-bond donors (Lipinski definition) is 1. The van der Waals surface area contributed by atoms with Gasteiger partial charge in [0, 0.05) is 5.56 Å². The van der Waals surface area contributed by atoms with E-state index in [-0.39, 0.29) is 11.3 Å². The fraction of sp³-hybridized carbons (Fsp3) is 0.167. The highest BCUT2D eigenvalue weighted by Crippen LogP contribution is 2.45. The fourth-order valence-corrected chi connectivity index (χ4v) is 5.57. The van der Waals surface area contributed by atoms with Gasteiger partial charge in [-0.05, 0) is 66.6 Å². The Bertz CT molecular complexity index is 1620. The summed E-state index contributed by atoms with van der Waals surface area (Å²) in [6.45, 7) is 5.83. The lowest BCUT2D eigenvalue weighted by Crippen LogP contribution is -2.29. The van der Waals surface area contributed by atoms with Gasteiger partial charge in [-0.3, -0.25) is 14.5 Å². The largest absolute Gasteiger partial charge is 0.507 e. The maximum Gasteiger partial charge on any atom is 0.301 e. The Morgan fingerprint density at radius 2 is 1.79 bits per heavy atom. The van der Waals surface area contributed by atoms with Crippen LogP contribution >= 0.6 is 11.3 Å². The molecule has 1 N–H and O–H groups in total. The fourth-order valence-electron chi connectivity index (χ4n) is 4.55. The third-order valence-electron chi connectivity index (χ3n) is 6.47. The number of methoxy groups -OCH3 is 2. The van der Waals surface area contributed by atoms with Crippen LogP contribution in [-0.4, -0.2) is 42.6 Å². The molecule has 1 fully saturated rings. The number of anilines is 1. The van der Waals surface area contributed by atoms with E-state index in [0.29, 0.717) is 45.6 Å². The van der Waals surface area contributed by atoms with Crippen LogP contribution in [0.15, 0.2) is 78.9 Å². The lowest BCUT2D eigenvalue weighted by atomic mass is 9.95. The first-order valence-corrected chi connectivity index (χ1v) is 12.9. The van der Waals surface area contributed by atoms with Crippen molar-refractivity contribution in [1.29, 1.82) is 0 Å². The number of hydrogen-bond acceptors (Lipinski definition) is 8. The molecule has 39 heavy (non-hydrogen) atoms. The zero-order valence-electron chi connectivity index (χ0n) is 21.6. The molecule has 1 aromatic heterocycles. The molecule has 1 amide bonds. The normalized spacial score (nSPS) is 16.5. The number of aromatic nitrogens is 1. The van der Waals surface area contributed by atoms with Crippen LogP contribution in [0.4, 0.5) is 5.13 Å². The minimum Gasteiger partial charge on any atom is -0.507 e. The number of thiazole rings is 1. The first kappa shape index (κ1) is 26.0. The predicted octanol–water partition coefficient (Wildman–Crippen LogP) is 5.81. The number of ether oxygens (including phenoxy) is 3. The SMILES string of the molecule is C=CCOc1ccc([C@H]2/C(=C(\O)c3ccc(OC)c(C)c3)C(=O)C(=O)N2c2nc3ccc(OC)cc3s2)cc1. The molecule has 1 aliphatic heterocycles. The van der Waals surface area contributed by atoms with Crippen molar-refractivity contribution in [3.05, 3.63) is 95.6 Å². The van der Waals surface area contributed by atoms with Crippen molar-refractivity contribution < 1.29 is 28.9 Å². The zero-order valence-corrected chi connectivity index (χ0v) is 22.5. The molecule has 0 spiro atoms. The number of carbonyl (C=O) groups excluding carboxylic acids is 2. The Morgan fingerprint density at radius 1 is 1.05 bits per heavy atom. The van der Waals surface area contributed by atoms with E-state index < -0.39 is 17.7 Å². The highest BCUT2D eigenvalue weighted by Gasteiger charge is 2.48. The van der Waals surface area contributed by atoms with Crippen molar-refractivity contribution in [1.82, 2.24) is 4.98 Å². The summed E-state index contributed by atoms with van der Waals surface area (Å²) in [5.74, 6) is 0.0549. The second kappa shape index (κ2) is 10.6. The summed E-state index contributed by atoms with van der Waals surface area (Å²) in [5, 5.41) is 11.8. The zero-order chi connectivity index (χ0) is 27.7. The summed E-state index contributed by atoms with van der Waals surface area (Å²) in [6.07, 6.45) is 1.64. The number of amides is 1. The molecule has 198 valence electrons. The second-order valence-corrected chi connectivity index (χ2v) is 9.86. The first-order chi connectivity index (χ1) is 18.9. The minimum atomic E-state index is -0.914. The van der Waals surface area contributed by atoms with Crippen LogP contribution in [0.5, 0.6) is 17.2 Å². The van der Waals surface area contributed by atoms with Crippen molar-refractivity contribution >= 4 is 44.1 Å². The molecule has 0 saturated carbocycles. The highest BCUT2D eigenvalue weighted by molar-refractivity contribution is 7.22. The van der Waals surface area contributed by atoms with Crippen LogP contribution < -0.4 is 19.1 Å². The average molecular weight is 543 g/mol. The van der Waals surface area contributed by atoms with Gasteiger partial charge in [0.15, 0.2) is 5.13 Å². The van der Waals surface area contributed by atoms with E-state index in [1.54, 1.807) is 74.9 Å². The van der Waals surface area contributed by atoms with Crippen LogP contribution in [-0.2, 0) is 9.59 Å². The van der Waals surface area contributed by atoms with Crippen LogP contribution in [0, 0.1) is 6.92 Å². The molecule has 0 bridgehead atoms. The van der Waals surface area contributed by atoms with E-state index in [1.807, 2.05) is 13.0 Å². The molecule has 1 saturated heterocycles. The molecular formula is C30H26N2O6S. The molecule has 3 aromatic carbocycles. The summed E-state index contributed by atoms with van der Waals surface area (Å²) in [7, 11) is 3.13. The number of carbonyl (C=O) groups is 2. The Hall–Kier alpha value is -4.63. The Morgan fingerprint density at radius 3 is 2.46 bits per heavy atom. The molecule has 1 aliphatic rings. The predicted molar refractivity (Wildman–Crippen MR) is 151 cm³/mol. The average Bonchev–Trinajstić information content (AvgIpc) is 3.49. The summed E-state index contributed by atoms with van der Waals surface area (Å²) in [6, 6.07) is 16.6. The first-order valence-electron chi connectivity index (χ1n) is 12.1. The van der Waals surface area contributed by atoms with Crippen molar-refractivity contribution in [2.75, 3.05) is 25.7 Å². The number of Topliss-reactive ketones (excluding diaryl/α,β-unsaturated/α-hetero) is 1. The van der Waals surface area contributed by atoms with E-state index in [0.717, 1.165) is 10.3 Å². The van der Waals surface area contributed by atoms with Gasteiger partial charge in [0.2, 0.25) is 0 Å². The maximum absolute atomic E-state index is 13.5.